The molecule has 10 heteroatoms. The lowest BCUT2D eigenvalue weighted by Gasteiger charge is -2.06. The van der Waals surface area contributed by atoms with Crippen molar-refractivity contribution in [3.63, 3.8) is 0 Å². The van der Waals surface area contributed by atoms with Crippen LogP contribution < -0.4 is 16.2 Å². The number of aryl methyl sites for hydroxylation is 1. The summed E-state index contributed by atoms with van der Waals surface area (Å²) in [7, 11) is 1.84. The molecule has 2 amide bonds. The van der Waals surface area contributed by atoms with Crippen LogP contribution in [0.2, 0.25) is 0 Å². The number of carbonyl (C=O) groups is 2. The quantitative estimate of drug-likeness (QED) is 0.447. The number of aromatic amines is 1. The maximum atomic E-state index is 11.7. The first-order chi connectivity index (χ1) is 11.1. The molecule has 2 rings (SSSR count). The van der Waals surface area contributed by atoms with Gasteiger partial charge in [0.05, 0.1) is 12.1 Å². The van der Waals surface area contributed by atoms with E-state index in [1.165, 1.54) is 30.1 Å². The minimum atomic E-state index is -0.426. The number of hydrogen-bond donors (Lipinski definition) is 3. The van der Waals surface area contributed by atoms with Crippen molar-refractivity contribution in [2.24, 2.45) is 7.05 Å². The van der Waals surface area contributed by atoms with Gasteiger partial charge < -0.3 is 20.2 Å². The van der Waals surface area contributed by atoms with Crippen LogP contribution in [-0.4, -0.2) is 50.4 Å². The molecule has 0 spiro atoms. The average Bonchev–Trinajstić information content (AvgIpc) is 2.95. The van der Waals surface area contributed by atoms with Crippen molar-refractivity contribution in [2.75, 3.05) is 18.8 Å². The average molecular weight is 336 g/mol. The van der Waals surface area contributed by atoms with Gasteiger partial charge in [-0.15, -0.1) is 10.2 Å². The molecule has 23 heavy (non-hydrogen) atoms. The van der Waals surface area contributed by atoms with Crippen LogP contribution in [0.1, 0.15) is 10.4 Å². The number of amides is 2. The Labute approximate surface area is 135 Å². The molecule has 0 saturated carbocycles. The van der Waals surface area contributed by atoms with Crippen LogP contribution in [0.5, 0.6) is 0 Å². The normalized spacial score (nSPS) is 10.3. The van der Waals surface area contributed by atoms with Gasteiger partial charge in [0.2, 0.25) is 11.5 Å². The van der Waals surface area contributed by atoms with Gasteiger partial charge in [0.1, 0.15) is 6.33 Å². The van der Waals surface area contributed by atoms with Crippen LogP contribution in [0, 0.1) is 0 Å². The van der Waals surface area contributed by atoms with Crippen molar-refractivity contribution in [3.05, 3.63) is 40.6 Å². The molecule has 0 unspecified atom stereocenters. The van der Waals surface area contributed by atoms with E-state index in [1.807, 2.05) is 7.05 Å². The van der Waals surface area contributed by atoms with E-state index in [1.54, 1.807) is 10.9 Å². The van der Waals surface area contributed by atoms with Crippen molar-refractivity contribution >= 4 is 23.6 Å². The zero-order valence-electron chi connectivity index (χ0n) is 12.4. The lowest BCUT2D eigenvalue weighted by molar-refractivity contribution is -0.120. The minimum Gasteiger partial charge on any atom is -0.354 e. The molecule has 0 fully saturated rings. The van der Waals surface area contributed by atoms with E-state index in [0.717, 1.165) is 5.16 Å². The number of pyridine rings is 1. The first-order valence-corrected chi connectivity index (χ1v) is 7.75. The fourth-order valence-electron chi connectivity index (χ4n) is 1.61. The molecule has 0 aliphatic rings. The summed E-state index contributed by atoms with van der Waals surface area (Å²) in [6.45, 7) is 0.317. The van der Waals surface area contributed by atoms with E-state index in [-0.39, 0.29) is 23.6 Å². The van der Waals surface area contributed by atoms with Crippen LogP contribution in [0.4, 0.5) is 0 Å². The van der Waals surface area contributed by atoms with E-state index in [0.29, 0.717) is 12.3 Å². The molecule has 0 saturated heterocycles. The lowest BCUT2D eigenvalue weighted by Crippen LogP contribution is -2.37. The van der Waals surface area contributed by atoms with Gasteiger partial charge in [0, 0.05) is 31.6 Å². The summed E-state index contributed by atoms with van der Waals surface area (Å²) in [6.07, 6.45) is 2.90. The highest BCUT2D eigenvalue weighted by atomic mass is 32.2. The molecule has 0 bridgehead atoms. The van der Waals surface area contributed by atoms with Gasteiger partial charge in [-0.3, -0.25) is 14.4 Å². The van der Waals surface area contributed by atoms with Gasteiger partial charge in [-0.1, -0.05) is 11.8 Å². The van der Waals surface area contributed by atoms with Crippen molar-refractivity contribution < 1.29 is 9.59 Å². The van der Waals surface area contributed by atoms with Gasteiger partial charge in [-0.2, -0.15) is 0 Å². The first kappa shape index (κ1) is 16.7. The standard InChI is InChI=1S/C13H16N6O3S/c1-19-8-17-18-13(19)23-5-4-14-11(21)7-16-12(22)9-2-3-10(20)15-6-9/h2-3,6,8H,4-5,7H2,1H3,(H,14,21)(H,15,20)(H,16,22). The summed E-state index contributed by atoms with van der Waals surface area (Å²) in [4.78, 5) is 36.7. The second-order valence-corrected chi connectivity index (χ2v) is 5.61. The molecule has 0 radical (unpaired) electrons. The maximum absolute atomic E-state index is 11.7. The van der Waals surface area contributed by atoms with Crippen LogP contribution in [0.15, 0.2) is 34.6 Å². The number of rotatable bonds is 7. The number of carbonyl (C=O) groups excluding carboxylic acids is 2. The SMILES string of the molecule is Cn1cnnc1SCCNC(=O)CNC(=O)c1ccc(=O)[nH]c1. The highest BCUT2D eigenvalue weighted by Gasteiger charge is 2.08. The molecular weight excluding hydrogens is 320 g/mol. The van der Waals surface area contributed by atoms with Gasteiger partial charge in [0.15, 0.2) is 5.16 Å². The Hall–Kier alpha value is -2.62. The van der Waals surface area contributed by atoms with E-state index >= 15 is 0 Å². The second-order valence-electron chi connectivity index (χ2n) is 4.55. The van der Waals surface area contributed by atoms with Gasteiger partial charge in [0.25, 0.3) is 5.91 Å². The maximum Gasteiger partial charge on any atom is 0.253 e. The van der Waals surface area contributed by atoms with E-state index in [9.17, 15) is 14.4 Å². The third kappa shape index (κ3) is 5.25. The summed E-state index contributed by atoms with van der Waals surface area (Å²) < 4.78 is 1.79. The molecule has 2 aromatic rings. The van der Waals surface area contributed by atoms with Gasteiger partial charge in [-0.25, -0.2) is 0 Å². The van der Waals surface area contributed by atoms with E-state index in [2.05, 4.69) is 25.8 Å². The summed E-state index contributed by atoms with van der Waals surface area (Å²) in [5, 5.41) is 13.6. The molecule has 0 atom stereocenters. The Morgan fingerprint density at radius 1 is 1.35 bits per heavy atom. The number of H-pyrrole nitrogens is 1. The fourth-order valence-corrected chi connectivity index (χ4v) is 2.36. The first-order valence-electron chi connectivity index (χ1n) is 6.76. The Bertz CT molecular complexity index is 721. The topological polar surface area (TPSA) is 122 Å². The van der Waals surface area contributed by atoms with E-state index < -0.39 is 5.91 Å². The number of thioether (sulfide) groups is 1. The van der Waals surface area contributed by atoms with Crippen molar-refractivity contribution in [2.45, 2.75) is 5.16 Å². The molecular formula is C13H16N6O3S. The largest absolute Gasteiger partial charge is 0.354 e. The smallest absolute Gasteiger partial charge is 0.253 e. The molecule has 2 heterocycles. The number of hydrogen-bond acceptors (Lipinski definition) is 6. The number of nitrogens with zero attached hydrogens (tertiary/aromatic N) is 3. The molecule has 3 N–H and O–H groups in total. The van der Waals surface area contributed by atoms with Gasteiger partial charge >= 0.3 is 0 Å². The highest BCUT2D eigenvalue weighted by molar-refractivity contribution is 7.99. The third-order valence-corrected chi connectivity index (χ3v) is 3.82. The summed E-state index contributed by atoms with van der Waals surface area (Å²) >= 11 is 1.47. The Kier molecular flexibility index (Phi) is 5.92. The molecule has 9 nitrogen and oxygen atoms in total. The third-order valence-electron chi connectivity index (χ3n) is 2.78. The molecule has 0 aromatic carbocycles. The zero-order valence-corrected chi connectivity index (χ0v) is 13.2. The molecule has 2 aromatic heterocycles. The van der Waals surface area contributed by atoms with Crippen molar-refractivity contribution in [3.8, 4) is 0 Å². The number of nitrogens with one attached hydrogen (secondary N) is 3. The van der Waals surface area contributed by atoms with Crippen molar-refractivity contribution in [1.82, 2.24) is 30.4 Å². The Morgan fingerprint density at radius 2 is 2.17 bits per heavy atom. The minimum absolute atomic E-state index is 0.132. The Balaban J connectivity index is 1.65. The monoisotopic (exact) mass is 336 g/mol. The second kappa shape index (κ2) is 8.13. The highest BCUT2D eigenvalue weighted by Crippen LogP contribution is 2.11. The lowest BCUT2D eigenvalue weighted by atomic mass is 10.2. The summed E-state index contributed by atoms with van der Waals surface area (Å²) in [6, 6.07) is 2.64. The molecule has 0 aliphatic carbocycles. The summed E-state index contributed by atoms with van der Waals surface area (Å²) in [5.41, 5.74) is -0.00468. The predicted octanol–water partition coefficient (Wildman–Crippen LogP) is -0.858. The molecule has 0 aliphatic heterocycles. The predicted molar refractivity (Wildman–Crippen MR) is 84.1 cm³/mol. The molecule has 122 valence electrons. The van der Waals surface area contributed by atoms with Crippen molar-refractivity contribution in [1.29, 1.82) is 0 Å². The summed E-state index contributed by atoms with van der Waals surface area (Å²) in [5.74, 6) is -0.0715. The van der Waals surface area contributed by atoms with Crippen LogP contribution >= 0.6 is 11.8 Å². The Morgan fingerprint density at radius 3 is 2.83 bits per heavy atom. The number of aromatic nitrogens is 4. The zero-order chi connectivity index (χ0) is 16.7. The fraction of sp³-hybridized carbons (Fsp3) is 0.308. The van der Waals surface area contributed by atoms with E-state index in [4.69, 9.17) is 0 Å². The van der Waals surface area contributed by atoms with Crippen LogP contribution in [-0.2, 0) is 11.8 Å². The van der Waals surface area contributed by atoms with Crippen LogP contribution in [0.25, 0.3) is 0 Å². The van der Waals surface area contributed by atoms with Gasteiger partial charge in [-0.05, 0) is 6.07 Å². The van der Waals surface area contributed by atoms with Crippen LogP contribution in [0.3, 0.4) is 0 Å².